The Kier molecular flexibility index (Phi) is 6.18. The molecule has 5 N–H and O–H groups in total. The van der Waals surface area contributed by atoms with Gasteiger partial charge in [-0.15, -0.1) is 0 Å². The molecule has 0 amide bonds. The van der Waals surface area contributed by atoms with E-state index in [1.165, 1.54) is 29.9 Å². The Balaban J connectivity index is 1.37. The minimum atomic E-state index is -1.23. The van der Waals surface area contributed by atoms with E-state index in [9.17, 15) is 15.3 Å². The summed E-state index contributed by atoms with van der Waals surface area (Å²) in [6, 6.07) is 14.8. The Morgan fingerprint density at radius 3 is 2.61 bits per heavy atom. The first-order valence-corrected chi connectivity index (χ1v) is 12.5. The Hall–Kier alpha value is -3.31. The lowest BCUT2D eigenvalue weighted by molar-refractivity contribution is -0.0511. The minimum Gasteiger partial charge on any atom is -0.394 e. The molecule has 1 saturated heterocycles. The van der Waals surface area contributed by atoms with Crippen LogP contribution < -0.4 is 10.6 Å². The van der Waals surface area contributed by atoms with Gasteiger partial charge in [-0.1, -0.05) is 55.3 Å². The Bertz CT molecular complexity index is 1370. The number of hydrogen-bond acceptors (Lipinski definition) is 9. The molecule has 0 unspecified atom stereocenters. The average molecular weight is 491 g/mol. The molecule has 2 aromatic heterocycles. The van der Waals surface area contributed by atoms with E-state index in [2.05, 4.69) is 39.9 Å². The number of nitrogens with zero attached hydrogens (tertiary/aromatic N) is 4. The van der Waals surface area contributed by atoms with Crippen molar-refractivity contribution in [2.45, 2.75) is 62.8 Å². The molecule has 36 heavy (non-hydrogen) atoms. The van der Waals surface area contributed by atoms with Crippen molar-refractivity contribution >= 4 is 33.7 Å². The number of fused-ring (bicyclic) bond motifs is 2. The molecule has 10 nitrogen and oxygen atoms in total. The summed E-state index contributed by atoms with van der Waals surface area (Å²) in [5, 5.41) is 39.6. The van der Waals surface area contributed by atoms with Crippen LogP contribution >= 0.6 is 0 Å². The molecule has 0 spiro atoms. The van der Waals surface area contributed by atoms with Gasteiger partial charge in [-0.05, 0) is 29.2 Å². The van der Waals surface area contributed by atoms with Crippen molar-refractivity contribution in [3.63, 3.8) is 0 Å². The molecule has 0 bridgehead atoms. The molecule has 4 aromatic rings. The Morgan fingerprint density at radius 1 is 1.00 bits per heavy atom. The Labute approximate surface area is 208 Å². The first-order valence-electron chi connectivity index (χ1n) is 12.5. The van der Waals surface area contributed by atoms with E-state index >= 15 is 0 Å². The third kappa shape index (κ3) is 4.16. The smallest absolute Gasteiger partial charge is 0.227 e. The van der Waals surface area contributed by atoms with Gasteiger partial charge in [0.1, 0.15) is 18.3 Å². The number of anilines is 2. The quantitative estimate of drug-likeness (QED) is 0.265. The average Bonchev–Trinajstić information content (AvgIpc) is 3.63. The summed E-state index contributed by atoms with van der Waals surface area (Å²) in [5.41, 5.74) is 2.14. The lowest BCUT2D eigenvalue weighted by Crippen LogP contribution is -2.33. The second-order valence-electron chi connectivity index (χ2n) is 9.57. The molecule has 1 aliphatic carbocycles. The van der Waals surface area contributed by atoms with Crippen LogP contribution in [0.3, 0.4) is 0 Å². The van der Waals surface area contributed by atoms with Crippen LogP contribution in [0.25, 0.3) is 21.9 Å². The number of aliphatic hydroxyl groups is 3. The molecule has 2 fully saturated rings. The molecule has 1 aliphatic heterocycles. The molecule has 2 aliphatic rings. The van der Waals surface area contributed by atoms with Crippen LogP contribution in [0.5, 0.6) is 0 Å². The highest BCUT2D eigenvalue weighted by atomic mass is 16.6. The molecule has 1 saturated carbocycles. The van der Waals surface area contributed by atoms with E-state index in [1.807, 2.05) is 18.2 Å². The van der Waals surface area contributed by atoms with Gasteiger partial charge >= 0.3 is 0 Å². The summed E-state index contributed by atoms with van der Waals surface area (Å²) >= 11 is 0. The summed E-state index contributed by atoms with van der Waals surface area (Å²) in [4.78, 5) is 14.0. The van der Waals surface area contributed by atoms with Crippen molar-refractivity contribution < 1.29 is 20.1 Å². The second-order valence-corrected chi connectivity index (χ2v) is 9.57. The van der Waals surface area contributed by atoms with Crippen molar-refractivity contribution in [1.82, 2.24) is 19.5 Å². The summed E-state index contributed by atoms with van der Waals surface area (Å²) in [7, 11) is 0. The van der Waals surface area contributed by atoms with Crippen molar-refractivity contribution in [3.05, 3.63) is 54.4 Å². The van der Waals surface area contributed by atoms with Crippen molar-refractivity contribution in [2.24, 2.45) is 0 Å². The maximum atomic E-state index is 10.6. The van der Waals surface area contributed by atoms with Gasteiger partial charge in [-0.3, -0.25) is 4.57 Å². The monoisotopic (exact) mass is 490 g/mol. The van der Waals surface area contributed by atoms with Gasteiger partial charge in [0.15, 0.2) is 23.2 Å². The second kappa shape index (κ2) is 9.62. The molecule has 6 rings (SSSR count). The first kappa shape index (κ1) is 23.1. The number of rotatable bonds is 7. The minimum absolute atomic E-state index is 0.304. The van der Waals surface area contributed by atoms with E-state index in [0.717, 1.165) is 18.4 Å². The normalized spacial score (nSPS) is 24.6. The SMILES string of the molecule is OC[C@H]1O[C@@H](n2cnc3c(NCc4cccc5ccccc45)nc(NC4CCCC4)nc32)[C@H](O)[C@@H]1O. The molecular weight excluding hydrogens is 460 g/mol. The van der Waals surface area contributed by atoms with Gasteiger partial charge in [0.25, 0.3) is 0 Å². The highest BCUT2D eigenvalue weighted by Gasteiger charge is 2.44. The van der Waals surface area contributed by atoms with Crippen LogP contribution in [0.2, 0.25) is 0 Å². The lowest BCUT2D eigenvalue weighted by Gasteiger charge is -2.18. The standard InChI is InChI=1S/C26H30N6O4/c33-13-19-21(34)22(35)25(36-19)32-14-28-20-23(30-26(31-24(20)32)29-17-9-2-3-10-17)27-12-16-8-5-7-15-6-1-4-11-18(15)16/h1,4-8,11,14,17,19,21-22,25,33-35H,2-3,9-10,12-13H2,(H2,27,29,30,31)/t19-,21-,22-,25-/m1/s1. The number of nitrogens with one attached hydrogen (secondary N) is 2. The van der Waals surface area contributed by atoms with Gasteiger partial charge in [-0.2, -0.15) is 9.97 Å². The molecule has 4 atom stereocenters. The predicted molar refractivity (Wildman–Crippen MR) is 135 cm³/mol. The zero-order valence-corrected chi connectivity index (χ0v) is 19.8. The molecule has 3 heterocycles. The zero-order chi connectivity index (χ0) is 24.6. The highest BCUT2D eigenvalue weighted by Crippen LogP contribution is 2.33. The van der Waals surface area contributed by atoms with Gasteiger partial charge in [0.05, 0.1) is 12.9 Å². The largest absolute Gasteiger partial charge is 0.394 e. The number of aromatic nitrogens is 4. The van der Waals surface area contributed by atoms with Crippen LogP contribution in [-0.4, -0.2) is 65.8 Å². The number of hydrogen-bond donors (Lipinski definition) is 5. The van der Waals surface area contributed by atoms with Crippen LogP contribution in [-0.2, 0) is 11.3 Å². The molecular formula is C26H30N6O4. The Morgan fingerprint density at radius 2 is 1.81 bits per heavy atom. The maximum absolute atomic E-state index is 10.6. The van der Waals surface area contributed by atoms with E-state index < -0.39 is 31.1 Å². The summed E-state index contributed by atoms with van der Waals surface area (Å²) < 4.78 is 7.35. The fourth-order valence-electron chi connectivity index (χ4n) is 5.28. The van der Waals surface area contributed by atoms with Gasteiger partial charge in [-0.25, -0.2) is 4.98 Å². The van der Waals surface area contributed by atoms with Gasteiger partial charge < -0.3 is 30.7 Å². The number of imidazole rings is 1. The number of ether oxygens (including phenoxy) is 1. The summed E-state index contributed by atoms with van der Waals surface area (Å²) in [6.45, 7) is 0.139. The third-order valence-electron chi connectivity index (χ3n) is 7.23. The van der Waals surface area contributed by atoms with Crippen LogP contribution in [0.15, 0.2) is 48.8 Å². The van der Waals surface area contributed by atoms with E-state index in [1.54, 1.807) is 4.57 Å². The van der Waals surface area contributed by atoms with Crippen molar-refractivity contribution in [1.29, 1.82) is 0 Å². The highest BCUT2D eigenvalue weighted by molar-refractivity contribution is 5.87. The first-order chi connectivity index (χ1) is 17.6. The maximum Gasteiger partial charge on any atom is 0.227 e. The fourth-order valence-corrected chi connectivity index (χ4v) is 5.28. The van der Waals surface area contributed by atoms with Gasteiger partial charge in [0, 0.05) is 12.6 Å². The van der Waals surface area contributed by atoms with E-state index in [0.29, 0.717) is 35.5 Å². The summed E-state index contributed by atoms with van der Waals surface area (Å²) in [5.74, 6) is 1.04. The topological polar surface area (TPSA) is 138 Å². The number of benzene rings is 2. The molecule has 2 aromatic carbocycles. The lowest BCUT2D eigenvalue weighted by atomic mass is 10.0. The van der Waals surface area contributed by atoms with Crippen LogP contribution in [0, 0.1) is 0 Å². The van der Waals surface area contributed by atoms with E-state index in [-0.39, 0.29) is 0 Å². The molecule has 188 valence electrons. The number of aliphatic hydroxyl groups excluding tert-OH is 3. The molecule has 10 heteroatoms. The fraction of sp³-hybridized carbons (Fsp3) is 0.423. The van der Waals surface area contributed by atoms with Crippen molar-refractivity contribution in [2.75, 3.05) is 17.2 Å². The van der Waals surface area contributed by atoms with Crippen LogP contribution in [0.4, 0.5) is 11.8 Å². The summed E-state index contributed by atoms with van der Waals surface area (Å²) in [6.07, 6.45) is 1.75. The van der Waals surface area contributed by atoms with E-state index in [4.69, 9.17) is 14.7 Å². The zero-order valence-electron chi connectivity index (χ0n) is 19.8. The van der Waals surface area contributed by atoms with Gasteiger partial charge in [0.2, 0.25) is 5.95 Å². The van der Waals surface area contributed by atoms with Crippen molar-refractivity contribution in [3.8, 4) is 0 Å². The third-order valence-corrected chi connectivity index (χ3v) is 7.23. The predicted octanol–water partition coefficient (Wildman–Crippen LogP) is 2.56. The van der Waals surface area contributed by atoms with Crippen LogP contribution in [0.1, 0.15) is 37.5 Å². The molecule has 0 radical (unpaired) electrons.